The maximum atomic E-state index is 6.44. The van der Waals surface area contributed by atoms with Crippen molar-refractivity contribution in [2.45, 2.75) is 73.1 Å². The molecule has 4 heteroatoms. The third-order valence-corrected chi connectivity index (χ3v) is 7.23. The second kappa shape index (κ2) is 11.2. The van der Waals surface area contributed by atoms with E-state index in [9.17, 15) is 0 Å². The largest absolute Gasteiger partial charge is 0.453 e. The van der Waals surface area contributed by atoms with Gasteiger partial charge >= 0.3 is 0 Å². The van der Waals surface area contributed by atoms with Crippen LogP contribution in [0.3, 0.4) is 0 Å². The Balaban J connectivity index is 1.67. The Kier molecular flexibility index (Phi) is 8.10. The monoisotopic (exact) mass is 471 g/mol. The zero-order valence-electron chi connectivity index (χ0n) is 22.2. The second-order valence-corrected chi connectivity index (χ2v) is 10.4. The van der Waals surface area contributed by atoms with Crippen molar-refractivity contribution in [1.82, 2.24) is 4.98 Å². The van der Waals surface area contributed by atoms with E-state index in [1.165, 1.54) is 37.8 Å². The third kappa shape index (κ3) is 5.86. The normalized spacial score (nSPS) is 12.8. The first-order valence-electron chi connectivity index (χ1n) is 13.5. The quantitative estimate of drug-likeness (QED) is 0.126. The smallest absolute Gasteiger partial charge is 0.155 e. The van der Waals surface area contributed by atoms with E-state index in [1.807, 2.05) is 0 Å². The number of benzene rings is 3. The van der Waals surface area contributed by atoms with Crippen LogP contribution in [0.4, 0.5) is 5.69 Å². The molecule has 1 heterocycles. The predicted octanol–water partition coefficient (Wildman–Crippen LogP) is 8.22. The van der Waals surface area contributed by atoms with Gasteiger partial charge in [-0.2, -0.15) is 0 Å². The Bertz CT molecular complexity index is 1300. The average molecular weight is 472 g/mol. The Labute approximate surface area is 210 Å². The highest BCUT2D eigenvalue weighted by Crippen LogP contribution is 2.32. The molecule has 1 aliphatic carbocycles. The number of hydrogen-bond donors (Lipinski definition) is 0. The number of rotatable bonds is 11. The van der Waals surface area contributed by atoms with Crippen LogP contribution in [0.25, 0.3) is 33.3 Å². The van der Waals surface area contributed by atoms with Crippen molar-refractivity contribution in [1.29, 1.82) is 0 Å². The Morgan fingerprint density at radius 2 is 1.63 bits per heavy atom. The Hall–Kier alpha value is -2.88. The van der Waals surface area contributed by atoms with Gasteiger partial charge in [0.15, 0.2) is 11.3 Å². The van der Waals surface area contributed by atoms with Crippen molar-refractivity contribution in [2.24, 2.45) is 10.4 Å². The van der Waals surface area contributed by atoms with Gasteiger partial charge in [0.25, 0.3) is 0 Å². The van der Waals surface area contributed by atoms with Gasteiger partial charge in [0.1, 0.15) is 11.2 Å². The number of unbranched alkanes of at least 4 members (excludes halogenated alkanes) is 2. The van der Waals surface area contributed by atoms with Gasteiger partial charge in [-0.3, -0.25) is 4.99 Å². The number of anilines is 1. The maximum Gasteiger partial charge on any atom is 0.155 e. The molecule has 186 valence electrons. The summed E-state index contributed by atoms with van der Waals surface area (Å²) in [6.07, 6.45) is 7.55. The van der Waals surface area contributed by atoms with Gasteiger partial charge in [0, 0.05) is 48.2 Å². The van der Waals surface area contributed by atoms with Crippen molar-refractivity contribution in [3.8, 4) is 11.5 Å². The summed E-state index contributed by atoms with van der Waals surface area (Å²) in [6, 6.07) is 16.8. The molecule has 0 amide bonds. The van der Waals surface area contributed by atoms with Crippen LogP contribution in [-0.4, -0.2) is 24.6 Å². The van der Waals surface area contributed by atoms with E-state index in [1.54, 1.807) is 0 Å². The summed E-state index contributed by atoms with van der Waals surface area (Å²) in [7, 11) is 0. The van der Waals surface area contributed by atoms with E-state index in [4.69, 9.17) is 14.4 Å². The lowest BCUT2D eigenvalue weighted by molar-refractivity contribution is 0.289. The summed E-state index contributed by atoms with van der Waals surface area (Å²) in [5.74, 6) is 0.798. The predicted molar refractivity (Wildman–Crippen MR) is 149 cm³/mol. The molecule has 2 aromatic rings. The molecule has 0 bridgehead atoms. The zero-order chi connectivity index (χ0) is 24.8. The van der Waals surface area contributed by atoms with Crippen LogP contribution < -0.4 is 10.3 Å². The molecule has 35 heavy (non-hydrogen) atoms. The number of fused-ring (bicyclic) bond motifs is 4. The van der Waals surface area contributed by atoms with Crippen molar-refractivity contribution in [2.75, 3.05) is 24.5 Å². The molecule has 0 spiro atoms. The molecule has 2 aliphatic rings. The van der Waals surface area contributed by atoms with E-state index in [-0.39, 0.29) is 0 Å². The fourth-order valence-corrected chi connectivity index (χ4v) is 5.08. The summed E-state index contributed by atoms with van der Waals surface area (Å²) >= 11 is 0. The van der Waals surface area contributed by atoms with Crippen molar-refractivity contribution < 1.29 is 4.42 Å². The molecule has 0 atom stereocenters. The van der Waals surface area contributed by atoms with E-state index < -0.39 is 0 Å². The molecule has 1 aliphatic heterocycles. The molecule has 2 aromatic carbocycles. The second-order valence-electron chi connectivity index (χ2n) is 10.4. The Morgan fingerprint density at radius 3 is 2.37 bits per heavy atom. The minimum absolute atomic E-state index is 0.386. The third-order valence-electron chi connectivity index (χ3n) is 7.23. The van der Waals surface area contributed by atoms with Crippen molar-refractivity contribution in [3.63, 3.8) is 0 Å². The van der Waals surface area contributed by atoms with Crippen LogP contribution in [0.15, 0.2) is 57.9 Å². The minimum atomic E-state index is 0.386. The van der Waals surface area contributed by atoms with Crippen LogP contribution in [-0.2, 0) is 0 Å². The molecule has 0 N–H and O–H groups in total. The first-order valence-corrected chi connectivity index (χ1v) is 13.5. The summed E-state index contributed by atoms with van der Waals surface area (Å²) in [4.78, 5) is 12.4. The molecule has 0 unspecified atom stereocenters. The topological polar surface area (TPSA) is 41.6 Å². The van der Waals surface area contributed by atoms with E-state index in [0.29, 0.717) is 5.41 Å². The number of aromatic nitrogens is 1. The molecular formula is C31H41N3O. The summed E-state index contributed by atoms with van der Waals surface area (Å²) in [6.45, 7) is 14.2. The van der Waals surface area contributed by atoms with Gasteiger partial charge in [-0.05, 0) is 50.7 Å². The molecule has 4 nitrogen and oxygen atoms in total. The van der Waals surface area contributed by atoms with Crippen LogP contribution in [0.5, 0.6) is 0 Å². The van der Waals surface area contributed by atoms with E-state index >= 15 is 0 Å². The van der Waals surface area contributed by atoms with Crippen LogP contribution in [0.2, 0.25) is 0 Å². The van der Waals surface area contributed by atoms with Gasteiger partial charge in [-0.25, -0.2) is 4.98 Å². The number of nitrogens with zero attached hydrogens (tertiary/aromatic N) is 3. The van der Waals surface area contributed by atoms with E-state index in [2.05, 4.69) is 88.0 Å². The van der Waals surface area contributed by atoms with Gasteiger partial charge < -0.3 is 9.32 Å². The SMILES string of the molecule is CCCCCC(C)(C)CCCN=c1cc2oc3cc(N(CC)CC)ccc3nc-2c2ccccc12. The van der Waals surface area contributed by atoms with Gasteiger partial charge in [-0.1, -0.05) is 64.3 Å². The molecule has 4 rings (SSSR count). The summed E-state index contributed by atoms with van der Waals surface area (Å²) in [5.41, 5.74) is 4.15. The highest BCUT2D eigenvalue weighted by molar-refractivity contribution is 5.96. The fraction of sp³-hybridized carbons (Fsp3) is 0.484. The molecule has 0 aromatic heterocycles. The lowest BCUT2D eigenvalue weighted by Gasteiger charge is -2.24. The molecule has 0 fully saturated rings. The fourth-order valence-electron chi connectivity index (χ4n) is 5.08. The van der Waals surface area contributed by atoms with Gasteiger partial charge in [0.2, 0.25) is 0 Å². The summed E-state index contributed by atoms with van der Waals surface area (Å²) < 4.78 is 6.44. The Morgan fingerprint density at radius 1 is 0.886 bits per heavy atom. The van der Waals surface area contributed by atoms with E-state index in [0.717, 1.165) is 64.7 Å². The lowest BCUT2D eigenvalue weighted by atomic mass is 9.82. The van der Waals surface area contributed by atoms with Crippen LogP contribution in [0.1, 0.15) is 73.1 Å². The van der Waals surface area contributed by atoms with Crippen LogP contribution in [0, 0.1) is 5.41 Å². The van der Waals surface area contributed by atoms with Crippen molar-refractivity contribution in [3.05, 3.63) is 53.9 Å². The molecule has 0 saturated heterocycles. The highest BCUT2D eigenvalue weighted by atomic mass is 16.3. The number of hydrogen-bond acceptors (Lipinski definition) is 4. The standard InChI is InChI=1S/C31H41N3O/c1-6-9-12-18-31(4,5)19-13-20-32-27-22-29-30(25-15-11-10-14-24(25)27)33-26-17-16-23(21-28(26)35-29)34(7-2)8-3/h10-11,14-17,21-22H,6-9,12-13,18-20H2,1-5H3. The average Bonchev–Trinajstić information content (AvgIpc) is 2.86. The minimum Gasteiger partial charge on any atom is -0.453 e. The molecular weight excluding hydrogens is 430 g/mol. The zero-order valence-corrected chi connectivity index (χ0v) is 22.2. The van der Waals surface area contributed by atoms with Crippen molar-refractivity contribution >= 4 is 27.6 Å². The van der Waals surface area contributed by atoms with Gasteiger partial charge in [0.05, 0.1) is 5.36 Å². The first-order chi connectivity index (χ1) is 17.0. The highest BCUT2D eigenvalue weighted by Gasteiger charge is 2.17. The summed E-state index contributed by atoms with van der Waals surface area (Å²) in [5, 5.41) is 3.24. The van der Waals surface area contributed by atoms with Crippen LogP contribution >= 0.6 is 0 Å². The molecule has 0 radical (unpaired) electrons. The first kappa shape index (κ1) is 25.2. The molecule has 0 saturated carbocycles. The lowest BCUT2D eigenvalue weighted by Crippen LogP contribution is -2.21. The maximum absolute atomic E-state index is 6.44. The van der Waals surface area contributed by atoms with Gasteiger partial charge in [-0.15, -0.1) is 0 Å².